The number of aliphatic hydroxyl groups excluding tert-OH is 3. The molecule has 0 spiro atoms. The molecular formula is C45H75N3O16P2. The second-order valence-electron chi connectivity index (χ2n) is 16.3. The third-order valence-electron chi connectivity index (χ3n) is 10.6. The summed E-state index contributed by atoms with van der Waals surface area (Å²) in [6.07, 6.45) is 22.9. The molecule has 0 radical (unpaired) electrons. The summed E-state index contributed by atoms with van der Waals surface area (Å²) in [5, 5.41) is 30.8. The molecule has 1 saturated heterocycles. The molecule has 1 aliphatic heterocycles. The van der Waals surface area contributed by atoms with Crippen molar-refractivity contribution in [3.63, 3.8) is 0 Å². The van der Waals surface area contributed by atoms with Gasteiger partial charge in [-0.05, 0) is 50.5 Å². The van der Waals surface area contributed by atoms with E-state index in [4.69, 9.17) is 29.0 Å². The van der Waals surface area contributed by atoms with Crippen LogP contribution in [0.1, 0.15) is 143 Å². The van der Waals surface area contributed by atoms with E-state index in [-0.39, 0.29) is 18.7 Å². The Morgan fingerprint density at radius 1 is 0.848 bits per heavy atom. The third-order valence-corrected chi connectivity index (χ3v) is 13.2. The number of hydrogen-bond acceptors (Lipinski definition) is 16. The molecule has 9 atom stereocenters. The van der Waals surface area contributed by atoms with Crippen LogP contribution < -0.4 is 11.4 Å². The summed E-state index contributed by atoms with van der Waals surface area (Å²) < 4.78 is 56.5. The Kier molecular flexibility index (Phi) is 29.6. The number of nitrogens with two attached hydrogens (primary N) is 1. The molecule has 0 saturated carbocycles. The van der Waals surface area contributed by atoms with E-state index < -0.39 is 89.8 Å². The molecule has 2 heterocycles. The number of phosphoric acid groups is 2. The first-order chi connectivity index (χ1) is 31.5. The predicted molar refractivity (Wildman–Crippen MR) is 248 cm³/mol. The topological polar surface area (TPSA) is 286 Å². The van der Waals surface area contributed by atoms with Crippen molar-refractivity contribution >= 4 is 33.4 Å². The van der Waals surface area contributed by atoms with Gasteiger partial charge in [-0.25, -0.2) is 13.9 Å². The molecule has 66 heavy (non-hydrogen) atoms. The number of nitrogens with zero attached hydrogens (tertiary/aromatic N) is 2. The van der Waals surface area contributed by atoms with E-state index in [2.05, 4.69) is 30.1 Å². The largest absolute Gasteiger partial charge is 0.481 e. The number of aliphatic hydroxyl groups is 3. The number of nitrogen functional groups attached to an aromatic ring is 1. The van der Waals surface area contributed by atoms with Crippen LogP contribution in [0.3, 0.4) is 0 Å². The van der Waals surface area contributed by atoms with Gasteiger partial charge in [0.2, 0.25) is 0 Å². The van der Waals surface area contributed by atoms with Crippen LogP contribution in [-0.4, -0.2) is 96.9 Å². The van der Waals surface area contributed by atoms with E-state index in [1.165, 1.54) is 12.5 Å². The van der Waals surface area contributed by atoms with Gasteiger partial charge in [-0.2, -0.15) is 9.29 Å². The highest BCUT2D eigenvalue weighted by atomic mass is 31.3. The molecule has 1 aliphatic rings. The second kappa shape index (κ2) is 33.2. The fourth-order valence-corrected chi connectivity index (χ4v) is 8.62. The van der Waals surface area contributed by atoms with E-state index in [0.717, 1.165) is 81.4 Å². The molecule has 1 fully saturated rings. The van der Waals surface area contributed by atoms with Gasteiger partial charge >= 0.3 is 33.3 Å². The Bertz CT molecular complexity index is 1820. The molecule has 2 rings (SSSR count). The van der Waals surface area contributed by atoms with Crippen LogP contribution >= 0.6 is 15.6 Å². The highest BCUT2D eigenvalue weighted by Crippen LogP contribution is 2.60. The first-order valence-electron chi connectivity index (χ1n) is 23.2. The van der Waals surface area contributed by atoms with Crippen LogP contribution in [-0.2, 0) is 46.3 Å². The third kappa shape index (κ3) is 26.3. The number of anilines is 1. The van der Waals surface area contributed by atoms with E-state index in [1.807, 2.05) is 42.5 Å². The van der Waals surface area contributed by atoms with Gasteiger partial charge in [-0.1, -0.05) is 134 Å². The Morgan fingerprint density at radius 3 is 2.21 bits per heavy atom. The number of carbonyl (C=O) groups is 2. The van der Waals surface area contributed by atoms with Crippen molar-refractivity contribution in [2.24, 2.45) is 5.92 Å². The van der Waals surface area contributed by atoms with E-state index in [9.17, 15) is 48.6 Å². The van der Waals surface area contributed by atoms with Gasteiger partial charge in [0.1, 0.15) is 30.7 Å². The van der Waals surface area contributed by atoms with Gasteiger partial charge < -0.3 is 45.1 Å². The van der Waals surface area contributed by atoms with Crippen molar-refractivity contribution in [3.8, 4) is 0 Å². The fraction of sp³-hybridized carbons (Fsp3) is 0.689. The number of hydrogen-bond donors (Lipinski definition) is 6. The SMILES string of the molecule is CCCCC[C@@H](O)/C=C/C=C\C/C=C\C/C=C\CCCC(=O)OC[C@H](COP(=O)(O)OP(=O)(O)OC[C@H]1O[C@@H](n2ccc(N)nc2=O)[C@H](O)[C@@H]1O)OC(=O)CCCCCCCCC(C)CC. The normalized spacial score (nSPS) is 21.1. The molecular weight excluding hydrogens is 900 g/mol. The summed E-state index contributed by atoms with van der Waals surface area (Å²) in [5.41, 5.74) is 4.57. The quantitative estimate of drug-likeness (QED) is 0.0125. The van der Waals surface area contributed by atoms with Gasteiger partial charge in [0, 0.05) is 19.0 Å². The summed E-state index contributed by atoms with van der Waals surface area (Å²) in [7, 11) is -10.9. The lowest BCUT2D eigenvalue weighted by Crippen LogP contribution is -2.36. The maximum atomic E-state index is 12.8. The lowest BCUT2D eigenvalue weighted by atomic mass is 10.00. The predicted octanol–water partition coefficient (Wildman–Crippen LogP) is 7.43. The van der Waals surface area contributed by atoms with E-state index in [1.54, 1.807) is 6.08 Å². The number of carbonyl (C=O) groups excluding carboxylic acids is 2. The molecule has 1 aromatic heterocycles. The first kappa shape index (κ1) is 58.8. The van der Waals surface area contributed by atoms with Crippen LogP contribution in [0.4, 0.5) is 5.82 Å². The average Bonchev–Trinajstić information content (AvgIpc) is 3.54. The number of ether oxygens (including phenoxy) is 3. The lowest BCUT2D eigenvalue weighted by molar-refractivity contribution is -0.161. The van der Waals surface area contributed by atoms with E-state index in [0.29, 0.717) is 31.6 Å². The van der Waals surface area contributed by atoms with Crippen molar-refractivity contribution in [2.75, 3.05) is 25.6 Å². The van der Waals surface area contributed by atoms with Crippen molar-refractivity contribution < 1.29 is 71.4 Å². The maximum absolute atomic E-state index is 12.8. The minimum absolute atomic E-state index is 0.0260. The zero-order chi connectivity index (χ0) is 48.8. The Hall–Kier alpha value is -3.32. The Labute approximate surface area is 389 Å². The second-order valence-corrected chi connectivity index (χ2v) is 19.4. The van der Waals surface area contributed by atoms with Crippen LogP contribution in [0.2, 0.25) is 0 Å². The number of phosphoric ester groups is 2. The fourth-order valence-electron chi connectivity index (χ4n) is 6.51. The molecule has 21 heteroatoms. The highest BCUT2D eigenvalue weighted by molar-refractivity contribution is 7.61. The van der Waals surface area contributed by atoms with Crippen molar-refractivity contribution in [1.82, 2.24) is 9.55 Å². The van der Waals surface area contributed by atoms with Gasteiger partial charge in [0.05, 0.1) is 19.3 Å². The van der Waals surface area contributed by atoms with Crippen LogP contribution in [0.25, 0.3) is 0 Å². The minimum atomic E-state index is -5.44. The van der Waals surface area contributed by atoms with Gasteiger partial charge in [-0.3, -0.25) is 23.2 Å². The van der Waals surface area contributed by atoms with Crippen molar-refractivity contribution in [2.45, 2.75) is 173 Å². The van der Waals surface area contributed by atoms with Crippen LogP contribution in [0.5, 0.6) is 0 Å². The number of unbranched alkanes of at least 4 members (excludes halogenated alkanes) is 8. The molecule has 0 bridgehead atoms. The number of allylic oxidation sites excluding steroid dienone is 7. The zero-order valence-corrected chi connectivity index (χ0v) is 40.5. The van der Waals surface area contributed by atoms with Crippen LogP contribution in [0, 0.1) is 5.92 Å². The molecule has 376 valence electrons. The molecule has 0 aliphatic carbocycles. The molecule has 7 N–H and O–H groups in total. The summed E-state index contributed by atoms with van der Waals surface area (Å²) in [5.74, 6) is -0.702. The molecule has 1 aromatic rings. The Morgan fingerprint density at radius 2 is 1.50 bits per heavy atom. The van der Waals surface area contributed by atoms with Gasteiger partial charge in [0.25, 0.3) is 0 Å². The molecule has 0 amide bonds. The smallest absolute Gasteiger partial charge is 0.462 e. The summed E-state index contributed by atoms with van der Waals surface area (Å²) in [6, 6.07) is 1.24. The maximum Gasteiger partial charge on any atom is 0.481 e. The first-order valence-corrected chi connectivity index (χ1v) is 26.1. The molecule has 3 unspecified atom stereocenters. The van der Waals surface area contributed by atoms with E-state index >= 15 is 0 Å². The van der Waals surface area contributed by atoms with Gasteiger partial charge in [-0.15, -0.1) is 0 Å². The standard InChI is InChI=1S/C45H75N3O16P2/c1-4-6-20-26-36(49)27-22-17-12-10-8-7-9-11-13-18-23-28-40(50)59-32-37(62-41(51)29-24-19-15-14-16-21-25-35(3)5-2)33-60-65(55,56)64-66(57,58)61-34-38-42(52)43(53)44(63-38)48-31-30-39(46)47-45(48)54/h7-8,11-13,17,22,27,30-31,35-38,42-44,49,52-53H,4-6,9-10,14-16,18-21,23-26,28-29,32-34H2,1-3H3,(H,55,56)(H,57,58)(H2,46,47,54)/b8-7-,13-11-,17-12-,27-22+/t35?,36-,37-,38-,42-,43-,44-/m1/s1. The average molecular weight is 976 g/mol. The van der Waals surface area contributed by atoms with Crippen molar-refractivity contribution in [3.05, 3.63) is 71.4 Å². The number of esters is 2. The molecule has 0 aromatic carbocycles. The van der Waals surface area contributed by atoms with Crippen LogP contribution in [0.15, 0.2) is 65.7 Å². The lowest BCUT2D eigenvalue weighted by Gasteiger charge is -2.21. The zero-order valence-electron chi connectivity index (χ0n) is 38.8. The Balaban J connectivity index is 1.85. The number of aromatic nitrogens is 2. The summed E-state index contributed by atoms with van der Waals surface area (Å²) >= 11 is 0. The van der Waals surface area contributed by atoms with Gasteiger partial charge in [0.15, 0.2) is 12.3 Å². The number of rotatable bonds is 36. The minimum Gasteiger partial charge on any atom is -0.462 e. The molecule has 19 nitrogen and oxygen atoms in total. The van der Waals surface area contributed by atoms with Crippen molar-refractivity contribution in [1.29, 1.82) is 0 Å². The summed E-state index contributed by atoms with van der Waals surface area (Å²) in [6.45, 7) is 4.16. The highest BCUT2D eigenvalue weighted by Gasteiger charge is 2.46. The summed E-state index contributed by atoms with van der Waals surface area (Å²) in [4.78, 5) is 61.6. The monoisotopic (exact) mass is 975 g/mol.